The molecule has 0 saturated heterocycles. The Morgan fingerprint density at radius 3 is 2.40 bits per heavy atom. The van der Waals surface area contributed by atoms with Gasteiger partial charge < -0.3 is 5.32 Å². The molecule has 1 rings (SSSR count). The van der Waals surface area contributed by atoms with Gasteiger partial charge in [-0.25, -0.2) is 4.39 Å². The third kappa shape index (κ3) is 1.81. The van der Waals surface area contributed by atoms with E-state index in [2.05, 4.69) is 12.4 Å². The fraction of sp³-hybridized carbons (Fsp3) is 0.125. The summed E-state index contributed by atoms with van der Waals surface area (Å²) in [4.78, 5) is 0. The zero-order chi connectivity index (χ0) is 7.40. The lowest BCUT2D eigenvalue weighted by molar-refractivity contribution is -0.612. The highest BCUT2D eigenvalue weighted by molar-refractivity contribution is 5.14. The van der Waals surface area contributed by atoms with Crippen molar-refractivity contribution in [2.24, 2.45) is 0 Å². The number of nitrogens with one attached hydrogen (secondary N) is 1. The maximum Gasteiger partial charge on any atom is 0.123 e. The van der Waals surface area contributed by atoms with Crippen LogP contribution in [-0.2, 0) is 6.54 Å². The molecule has 0 aromatic heterocycles. The number of halogens is 1. The molecule has 0 fully saturated rings. The van der Waals surface area contributed by atoms with Crippen LogP contribution in [0, 0.1) is 12.9 Å². The van der Waals surface area contributed by atoms with Crippen molar-refractivity contribution in [1.82, 2.24) is 0 Å². The van der Waals surface area contributed by atoms with Crippen molar-refractivity contribution in [3.05, 3.63) is 42.7 Å². The highest BCUT2D eigenvalue weighted by Gasteiger charge is 1.92. The van der Waals surface area contributed by atoms with Gasteiger partial charge >= 0.3 is 0 Å². The maximum atomic E-state index is 12.3. The molecular formula is C8H9FN. The van der Waals surface area contributed by atoms with Crippen LogP contribution >= 0.6 is 0 Å². The fourth-order valence-electron chi connectivity index (χ4n) is 0.747. The minimum Gasteiger partial charge on any atom is -0.331 e. The summed E-state index contributed by atoms with van der Waals surface area (Å²) >= 11 is 0. The molecule has 0 atom stereocenters. The van der Waals surface area contributed by atoms with Crippen molar-refractivity contribution in [2.75, 3.05) is 0 Å². The lowest BCUT2D eigenvalue weighted by atomic mass is 10.2. The molecule has 1 nitrogen and oxygen atoms in total. The zero-order valence-electron chi connectivity index (χ0n) is 5.60. The molecule has 0 heterocycles. The Morgan fingerprint density at radius 2 is 1.90 bits per heavy atom. The van der Waals surface area contributed by atoms with Gasteiger partial charge in [-0.15, -0.1) is 7.05 Å². The molecule has 53 valence electrons. The van der Waals surface area contributed by atoms with E-state index in [1.807, 2.05) is 0 Å². The molecule has 1 N–H and O–H groups in total. The SMILES string of the molecule is [CH2-][NH+]Cc1ccc(F)cc1. The second kappa shape index (κ2) is 3.32. The second-order valence-corrected chi connectivity index (χ2v) is 2.05. The Labute approximate surface area is 59.9 Å². The Kier molecular flexibility index (Phi) is 2.40. The fourth-order valence-corrected chi connectivity index (χ4v) is 0.747. The molecule has 1 aromatic carbocycles. The molecule has 0 aliphatic rings. The molecule has 1 aromatic rings. The predicted molar refractivity (Wildman–Crippen MR) is 36.4 cm³/mol. The van der Waals surface area contributed by atoms with Crippen molar-refractivity contribution in [3.63, 3.8) is 0 Å². The molecule has 0 spiro atoms. The molecule has 0 aliphatic carbocycles. The van der Waals surface area contributed by atoms with E-state index in [0.29, 0.717) is 6.54 Å². The van der Waals surface area contributed by atoms with E-state index in [1.165, 1.54) is 12.1 Å². The summed E-state index contributed by atoms with van der Waals surface area (Å²) in [6.45, 7) is 0.681. The molecule has 0 saturated carbocycles. The monoisotopic (exact) mass is 138 g/mol. The van der Waals surface area contributed by atoms with E-state index >= 15 is 0 Å². The number of hydrogen-bond acceptors (Lipinski definition) is 1. The first kappa shape index (κ1) is 7.22. The Hall–Kier alpha value is -0.890. The average Bonchev–Trinajstić information content (AvgIpc) is 1.95. The van der Waals surface area contributed by atoms with Gasteiger partial charge in [0.25, 0.3) is 0 Å². The second-order valence-electron chi connectivity index (χ2n) is 2.05. The van der Waals surface area contributed by atoms with Gasteiger partial charge in [0, 0.05) is 5.56 Å². The zero-order valence-corrected chi connectivity index (χ0v) is 5.60. The molecule has 10 heavy (non-hydrogen) atoms. The van der Waals surface area contributed by atoms with Gasteiger partial charge in [0.1, 0.15) is 12.4 Å². The molecule has 0 amide bonds. The molecular weight excluding hydrogens is 129 g/mol. The molecule has 2 heteroatoms. The summed E-state index contributed by atoms with van der Waals surface area (Å²) in [6.07, 6.45) is 0. The van der Waals surface area contributed by atoms with Gasteiger partial charge in [-0.1, -0.05) is 12.1 Å². The minimum atomic E-state index is -0.201. The van der Waals surface area contributed by atoms with Crippen molar-refractivity contribution in [1.29, 1.82) is 0 Å². The van der Waals surface area contributed by atoms with Crippen LogP contribution in [0.1, 0.15) is 5.56 Å². The summed E-state index contributed by atoms with van der Waals surface area (Å²) in [6, 6.07) is 6.33. The van der Waals surface area contributed by atoms with Crippen LogP contribution in [0.4, 0.5) is 4.39 Å². The van der Waals surface area contributed by atoms with Crippen LogP contribution in [-0.4, -0.2) is 0 Å². The first-order valence-corrected chi connectivity index (χ1v) is 3.07. The normalized spacial score (nSPS) is 9.80. The van der Waals surface area contributed by atoms with Crippen molar-refractivity contribution in [3.8, 4) is 0 Å². The summed E-state index contributed by atoms with van der Waals surface area (Å²) in [5.41, 5.74) is 1.04. The summed E-state index contributed by atoms with van der Waals surface area (Å²) in [5, 5.41) is 2.73. The van der Waals surface area contributed by atoms with Gasteiger partial charge in [0.2, 0.25) is 0 Å². The van der Waals surface area contributed by atoms with Crippen molar-refractivity contribution < 1.29 is 9.71 Å². The van der Waals surface area contributed by atoms with Gasteiger partial charge in [-0.3, -0.25) is 0 Å². The highest BCUT2D eigenvalue weighted by atomic mass is 19.1. The Balaban J connectivity index is 2.69. The van der Waals surface area contributed by atoms with Crippen LogP contribution < -0.4 is 5.32 Å². The largest absolute Gasteiger partial charge is 0.331 e. The first-order chi connectivity index (χ1) is 4.83. The summed E-state index contributed by atoms with van der Waals surface area (Å²) < 4.78 is 12.3. The van der Waals surface area contributed by atoms with Crippen molar-refractivity contribution >= 4 is 0 Å². The lowest BCUT2D eigenvalue weighted by Gasteiger charge is -1.94. The van der Waals surface area contributed by atoms with E-state index < -0.39 is 0 Å². The van der Waals surface area contributed by atoms with Crippen LogP contribution in [0.2, 0.25) is 0 Å². The number of benzene rings is 1. The van der Waals surface area contributed by atoms with Crippen LogP contribution in [0.15, 0.2) is 24.3 Å². The maximum absolute atomic E-state index is 12.3. The predicted octanol–water partition coefficient (Wildman–Crippen LogP) is 0.466. The third-order valence-electron chi connectivity index (χ3n) is 1.24. The van der Waals surface area contributed by atoms with Crippen LogP contribution in [0.5, 0.6) is 0 Å². The molecule has 0 bridgehead atoms. The van der Waals surface area contributed by atoms with Crippen LogP contribution in [0.25, 0.3) is 0 Å². The Bertz CT molecular complexity index is 193. The van der Waals surface area contributed by atoms with Gasteiger partial charge in [-0.2, -0.15) is 0 Å². The van der Waals surface area contributed by atoms with Crippen LogP contribution in [0.3, 0.4) is 0 Å². The first-order valence-electron chi connectivity index (χ1n) is 3.07. The highest BCUT2D eigenvalue weighted by Crippen LogP contribution is 1.99. The third-order valence-corrected chi connectivity index (χ3v) is 1.24. The van der Waals surface area contributed by atoms with Gasteiger partial charge in [0.15, 0.2) is 0 Å². The average molecular weight is 138 g/mol. The Morgan fingerprint density at radius 1 is 1.30 bits per heavy atom. The van der Waals surface area contributed by atoms with E-state index in [9.17, 15) is 4.39 Å². The molecule has 0 unspecified atom stereocenters. The van der Waals surface area contributed by atoms with Crippen molar-refractivity contribution in [2.45, 2.75) is 6.54 Å². The van der Waals surface area contributed by atoms with Gasteiger partial charge in [-0.05, 0) is 12.1 Å². The quantitative estimate of drug-likeness (QED) is 0.571. The van der Waals surface area contributed by atoms with Gasteiger partial charge in [0.05, 0.1) is 0 Å². The summed E-state index contributed by atoms with van der Waals surface area (Å²) in [7, 11) is 3.46. The van der Waals surface area contributed by atoms with E-state index in [4.69, 9.17) is 0 Å². The number of rotatable bonds is 2. The summed E-state index contributed by atoms with van der Waals surface area (Å²) in [5.74, 6) is -0.201. The lowest BCUT2D eigenvalue weighted by Crippen LogP contribution is -2.74. The molecule has 1 radical (unpaired) electrons. The smallest absolute Gasteiger partial charge is 0.123 e. The molecule has 0 aliphatic heterocycles. The van der Waals surface area contributed by atoms with E-state index in [-0.39, 0.29) is 5.82 Å². The van der Waals surface area contributed by atoms with E-state index in [1.54, 1.807) is 12.1 Å². The standard InChI is InChI=1S/C8H9FN/c1-10-6-7-2-4-8(9)5-3-7/h2-5,10H,1,6H2. The number of hydrogen-bond donors (Lipinski definition) is 1. The van der Waals surface area contributed by atoms with E-state index in [0.717, 1.165) is 5.56 Å². The minimum absolute atomic E-state index is 0.201. The topological polar surface area (TPSA) is 15.6 Å².